The Kier molecular flexibility index (Phi) is 6.32. The van der Waals surface area contributed by atoms with Crippen LogP contribution in [-0.4, -0.2) is 24.5 Å². The van der Waals surface area contributed by atoms with Crippen molar-refractivity contribution >= 4 is 0 Å². The average Bonchev–Trinajstić information content (AvgIpc) is 2.33. The van der Waals surface area contributed by atoms with Crippen molar-refractivity contribution in [2.24, 2.45) is 0 Å². The molecule has 0 heterocycles. The first kappa shape index (κ1) is 16.3. The van der Waals surface area contributed by atoms with Crippen molar-refractivity contribution in [2.75, 3.05) is 13.2 Å². The smallest absolute Gasteiger partial charge is 0.389 e. The molecule has 0 spiro atoms. The van der Waals surface area contributed by atoms with Gasteiger partial charge in [0.1, 0.15) is 11.6 Å². The van der Waals surface area contributed by atoms with Crippen molar-refractivity contribution < 1.29 is 27.4 Å². The number of rotatable bonds is 5. The van der Waals surface area contributed by atoms with E-state index in [0.29, 0.717) is 5.56 Å². The Balaban J connectivity index is 2.56. The number of benzene rings is 1. The third-order valence-electron chi connectivity index (χ3n) is 2.21. The molecule has 1 aromatic rings. The molecule has 6 heteroatoms. The van der Waals surface area contributed by atoms with Gasteiger partial charge in [-0.2, -0.15) is 13.2 Å². The third-order valence-corrected chi connectivity index (χ3v) is 2.21. The van der Waals surface area contributed by atoms with E-state index in [-0.39, 0.29) is 31.8 Å². The molecule has 0 aliphatic rings. The number of hydrogen-bond donors (Lipinski definition) is 1. The quantitative estimate of drug-likeness (QED) is 0.512. The second-order valence-corrected chi connectivity index (χ2v) is 4.02. The van der Waals surface area contributed by atoms with Crippen molar-refractivity contribution in [1.82, 2.24) is 0 Å². The topological polar surface area (TPSA) is 29.5 Å². The monoisotopic (exact) mass is 290 g/mol. The molecule has 0 fully saturated rings. The van der Waals surface area contributed by atoms with Crippen LogP contribution in [-0.2, 0) is 0 Å². The molecule has 0 amide bonds. The van der Waals surface area contributed by atoms with Crippen LogP contribution in [0.5, 0.6) is 5.75 Å². The normalized spacial score (nSPS) is 10.8. The molecule has 0 aromatic heterocycles. The molecule has 20 heavy (non-hydrogen) atoms. The van der Waals surface area contributed by atoms with Crippen LogP contribution in [0, 0.1) is 17.7 Å². The highest BCUT2D eigenvalue weighted by Gasteiger charge is 2.26. The van der Waals surface area contributed by atoms with Crippen LogP contribution in [0.2, 0.25) is 0 Å². The fourth-order valence-electron chi connectivity index (χ4n) is 1.40. The van der Waals surface area contributed by atoms with Crippen LogP contribution < -0.4 is 4.74 Å². The molecule has 0 aliphatic carbocycles. The SMILES string of the molecule is OCCC#Cc1cc(F)cc(OCCCC(F)(F)F)c1. The van der Waals surface area contributed by atoms with E-state index in [0.717, 1.165) is 6.07 Å². The Labute approximate surface area is 114 Å². The summed E-state index contributed by atoms with van der Waals surface area (Å²) in [6.07, 6.45) is -5.08. The fourth-order valence-corrected chi connectivity index (χ4v) is 1.40. The van der Waals surface area contributed by atoms with Gasteiger partial charge in [-0.05, 0) is 18.6 Å². The van der Waals surface area contributed by atoms with E-state index in [2.05, 4.69) is 11.8 Å². The molecule has 0 bridgehead atoms. The van der Waals surface area contributed by atoms with Crippen LogP contribution in [0.3, 0.4) is 0 Å². The van der Waals surface area contributed by atoms with Gasteiger partial charge in [-0.1, -0.05) is 11.8 Å². The minimum atomic E-state index is -4.22. The maximum atomic E-state index is 13.3. The zero-order valence-electron chi connectivity index (χ0n) is 10.6. The van der Waals surface area contributed by atoms with Gasteiger partial charge in [0.15, 0.2) is 0 Å². The summed E-state index contributed by atoms with van der Waals surface area (Å²) in [5, 5.41) is 8.57. The van der Waals surface area contributed by atoms with Crippen molar-refractivity contribution in [1.29, 1.82) is 0 Å². The molecular formula is C14H14F4O2. The number of halogens is 4. The Hall–Kier alpha value is -1.74. The van der Waals surface area contributed by atoms with Gasteiger partial charge in [-0.15, -0.1) is 0 Å². The molecule has 0 atom stereocenters. The standard InChI is InChI=1S/C14H14F4O2/c15-12-8-11(4-1-2-6-19)9-13(10-12)20-7-3-5-14(16,17)18/h8-10,19H,2-3,5-7H2. The zero-order chi connectivity index (χ0) is 15.0. The van der Waals surface area contributed by atoms with Crippen LogP contribution in [0.1, 0.15) is 24.8 Å². The molecule has 110 valence electrons. The van der Waals surface area contributed by atoms with Crippen LogP contribution in [0.15, 0.2) is 18.2 Å². The number of hydrogen-bond acceptors (Lipinski definition) is 2. The minimum absolute atomic E-state index is 0.0941. The van der Waals surface area contributed by atoms with Crippen molar-refractivity contribution in [2.45, 2.75) is 25.4 Å². The van der Waals surface area contributed by atoms with E-state index >= 15 is 0 Å². The lowest BCUT2D eigenvalue weighted by molar-refractivity contribution is -0.136. The summed E-state index contributed by atoms with van der Waals surface area (Å²) in [6.45, 7) is -0.240. The molecule has 0 saturated heterocycles. The van der Waals surface area contributed by atoms with E-state index in [1.165, 1.54) is 12.1 Å². The van der Waals surface area contributed by atoms with Gasteiger partial charge in [0.05, 0.1) is 13.2 Å². The predicted octanol–water partition coefficient (Wildman–Crippen LogP) is 3.28. The minimum Gasteiger partial charge on any atom is -0.493 e. The van der Waals surface area contributed by atoms with Gasteiger partial charge in [0.2, 0.25) is 0 Å². The average molecular weight is 290 g/mol. The van der Waals surface area contributed by atoms with Crippen molar-refractivity contribution in [3.8, 4) is 17.6 Å². The Bertz CT molecular complexity index is 486. The number of ether oxygens (including phenoxy) is 1. The lowest BCUT2D eigenvalue weighted by atomic mass is 10.2. The summed E-state index contributed by atoms with van der Waals surface area (Å²) in [4.78, 5) is 0. The van der Waals surface area contributed by atoms with Gasteiger partial charge in [0, 0.05) is 24.5 Å². The molecular weight excluding hydrogens is 276 g/mol. The largest absolute Gasteiger partial charge is 0.493 e. The Morgan fingerprint density at radius 1 is 1.20 bits per heavy atom. The fraction of sp³-hybridized carbons (Fsp3) is 0.429. The Morgan fingerprint density at radius 3 is 2.60 bits per heavy atom. The summed E-state index contributed by atoms with van der Waals surface area (Å²) in [5.41, 5.74) is 0.351. The third kappa shape index (κ3) is 7.00. The van der Waals surface area contributed by atoms with Gasteiger partial charge in [0.25, 0.3) is 0 Å². The number of aliphatic hydroxyl groups is 1. The Morgan fingerprint density at radius 2 is 1.95 bits per heavy atom. The van der Waals surface area contributed by atoms with Crippen LogP contribution >= 0.6 is 0 Å². The van der Waals surface area contributed by atoms with Crippen LogP contribution in [0.25, 0.3) is 0 Å². The first-order chi connectivity index (χ1) is 9.40. The number of alkyl halides is 3. The summed E-state index contributed by atoms with van der Waals surface area (Å²) < 4.78 is 54.1. The second-order valence-electron chi connectivity index (χ2n) is 4.02. The van der Waals surface area contributed by atoms with Gasteiger partial charge in [-0.25, -0.2) is 4.39 Å². The zero-order valence-corrected chi connectivity index (χ0v) is 10.6. The summed E-state index contributed by atoms with van der Waals surface area (Å²) >= 11 is 0. The number of aliphatic hydroxyl groups excluding tert-OH is 1. The molecule has 0 unspecified atom stereocenters. The van der Waals surface area contributed by atoms with E-state index in [4.69, 9.17) is 9.84 Å². The molecule has 0 aliphatic heterocycles. The molecule has 1 N–H and O–H groups in total. The van der Waals surface area contributed by atoms with E-state index in [1.54, 1.807) is 0 Å². The molecule has 2 nitrogen and oxygen atoms in total. The summed E-state index contributed by atoms with van der Waals surface area (Å²) in [7, 11) is 0. The molecule has 1 aromatic carbocycles. The van der Waals surface area contributed by atoms with Crippen molar-refractivity contribution in [3.63, 3.8) is 0 Å². The highest BCUT2D eigenvalue weighted by molar-refractivity contribution is 5.40. The maximum Gasteiger partial charge on any atom is 0.389 e. The first-order valence-corrected chi connectivity index (χ1v) is 6.00. The highest BCUT2D eigenvalue weighted by atomic mass is 19.4. The van der Waals surface area contributed by atoms with Gasteiger partial charge in [-0.3, -0.25) is 0 Å². The maximum absolute atomic E-state index is 13.3. The highest BCUT2D eigenvalue weighted by Crippen LogP contribution is 2.22. The second kappa shape index (κ2) is 7.75. The van der Waals surface area contributed by atoms with Crippen LogP contribution in [0.4, 0.5) is 17.6 Å². The molecule has 1 rings (SSSR count). The van der Waals surface area contributed by atoms with E-state index < -0.39 is 18.4 Å². The van der Waals surface area contributed by atoms with E-state index in [9.17, 15) is 17.6 Å². The molecule has 0 saturated carbocycles. The lowest BCUT2D eigenvalue weighted by Gasteiger charge is -2.08. The molecule has 0 radical (unpaired) electrons. The lowest BCUT2D eigenvalue weighted by Crippen LogP contribution is -2.09. The summed E-state index contributed by atoms with van der Waals surface area (Å²) in [5.74, 6) is 4.82. The predicted molar refractivity (Wildman–Crippen MR) is 65.8 cm³/mol. The van der Waals surface area contributed by atoms with Gasteiger partial charge >= 0.3 is 6.18 Å². The summed E-state index contributed by atoms with van der Waals surface area (Å²) in [6, 6.07) is 3.72. The first-order valence-electron chi connectivity index (χ1n) is 6.00. The van der Waals surface area contributed by atoms with E-state index in [1.807, 2.05) is 0 Å². The van der Waals surface area contributed by atoms with Gasteiger partial charge < -0.3 is 9.84 Å². The van der Waals surface area contributed by atoms with Crippen molar-refractivity contribution in [3.05, 3.63) is 29.6 Å².